The molecule has 2 fully saturated rings. The Kier molecular flexibility index (Phi) is 3.22. The molecule has 2 aliphatic rings. The van der Waals surface area contributed by atoms with E-state index in [1.54, 1.807) is 6.07 Å². The summed E-state index contributed by atoms with van der Waals surface area (Å²) < 4.78 is 13.5. The third-order valence-corrected chi connectivity index (χ3v) is 4.71. The van der Waals surface area contributed by atoms with E-state index in [0.29, 0.717) is 11.1 Å². The lowest BCUT2D eigenvalue weighted by atomic mass is 9.91. The molecule has 1 aromatic carbocycles. The molecule has 1 aliphatic carbocycles. The van der Waals surface area contributed by atoms with Gasteiger partial charge in [0.1, 0.15) is 5.82 Å². The monoisotopic (exact) mass is 282 g/mol. The van der Waals surface area contributed by atoms with Gasteiger partial charge in [-0.1, -0.05) is 11.6 Å². The van der Waals surface area contributed by atoms with Crippen LogP contribution in [-0.4, -0.2) is 24.7 Å². The molecule has 1 aromatic rings. The molecule has 0 bridgehead atoms. The maximum atomic E-state index is 13.5. The van der Waals surface area contributed by atoms with Crippen LogP contribution in [-0.2, 0) is 0 Å². The number of rotatable bonds is 2. The fraction of sp³-hybridized carbons (Fsp3) is 0.600. The van der Waals surface area contributed by atoms with Gasteiger partial charge in [0.25, 0.3) is 0 Å². The van der Waals surface area contributed by atoms with Gasteiger partial charge in [-0.2, -0.15) is 0 Å². The van der Waals surface area contributed by atoms with Crippen molar-refractivity contribution >= 4 is 17.3 Å². The average molecular weight is 283 g/mol. The number of piperazine rings is 1. The molecule has 2 atom stereocenters. The van der Waals surface area contributed by atoms with Gasteiger partial charge in [-0.15, -0.1) is 0 Å². The minimum Gasteiger partial charge on any atom is -0.366 e. The highest BCUT2D eigenvalue weighted by atomic mass is 35.5. The quantitative estimate of drug-likeness (QED) is 0.894. The molecule has 19 heavy (non-hydrogen) atoms. The molecule has 104 valence electrons. The Bertz CT molecular complexity index is 469. The lowest BCUT2D eigenvalue weighted by Gasteiger charge is -2.47. The number of nitrogens with one attached hydrogen (secondary N) is 1. The van der Waals surface area contributed by atoms with Gasteiger partial charge < -0.3 is 10.2 Å². The molecule has 1 aliphatic heterocycles. The van der Waals surface area contributed by atoms with E-state index in [4.69, 9.17) is 11.6 Å². The van der Waals surface area contributed by atoms with Crippen LogP contribution >= 0.6 is 11.6 Å². The highest BCUT2D eigenvalue weighted by molar-refractivity contribution is 6.30. The van der Waals surface area contributed by atoms with E-state index in [-0.39, 0.29) is 11.4 Å². The second-order valence-corrected chi connectivity index (χ2v) is 6.61. The van der Waals surface area contributed by atoms with Crippen molar-refractivity contribution in [2.45, 2.75) is 38.3 Å². The van der Waals surface area contributed by atoms with E-state index in [2.05, 4.69) is 24.1 Å². The van der Waals surface area contributed by atoms with Crippen molar-refractivity contribution in [2.75, 3.05) is 18.0 Å². The largest absolute Gasteiger partial charge is 0.366 e. The summed E-state index contributed by atoms with van der Waals surface area (Å²) in [6.45, 7) is 6.29. The number of anilines is 1. The molecule has 0 aromatic heterocycles. The van der Waals surface area contributed by atoms with Gasteiger partial charge in [-0.05, 0) is 50.8 Å². The third kappa shape index (κ3) is 2.59. The first kappa shape index (κ1) is 13.2. The lowest BCUT2D eigenvalue weighted by molar-refractivity contribution is 0.260. The summed E-state index contributed by atoms with van der Waals surface area (Å²) in [5, 5.41) is 4.13. The zero-order chi connectivity index (χ0) is 13.6. The molecule has 1 N–H and O–H groups in total. The fourth-order valence-corrected chi connectivity index (χ4v) is 3.32. The minimum atomic E-state index is -0.263. The topological polar surface area (TPSA) is 15.3 Å². The molecular weight excluding hydrogens is 263 g/mol. The first-order valence-electron chi connectivity index (χ1n) is 6.96. The van der Waals surface area contributed by atoms with E-state index >= 15 is 0 Å². The van der Waals surface area contributed by atoms with E-state index in [0.717, 1.165) is 24.7 Å². The minimum absolute atomic E-state index is 0.144. The Morgan fingerprint density at radius 2 is 2.11 bits per heavy atom. The summed E-state index contributed by atoms with van der Waals surface area (Å²) in [6, 6.07) is 5.16. The Labute approximate surface area is 118 Å². The lowest BCUT2D eigenvalue weighted by Crippen LogP contribution is -2.63. The van der Waals surface area contributed by atoms with Gasteiger partial charge >= 0.3 is 0 Å². The molecular formula is C15H20ClFN2. The normalized spacial score (nSPS) is 31.6. The average Bonchev–Trinajstić information content (AvgIpc) is 3.15. The molecule has 4 heteroatoms. The molecule has 2 nitrogen and oxygen atoms in total. The van der Waals surface area contributed by atoms with E-state index in [9.17, 15) is 4.39 Å². The maximum Gasteiger partial charge on any atom is 0.126 e. The van der Waals surface area contributed by atoms with Crippen LogP contribution in [0.25, 0.3) is 0 Å². The first-order valence-corrected chi connectivity index (χ1v) is 7.33. The Hall–Kier alpha value is -0.800. The summed E-state index contributed by atoms with van der Waals surface area (Å²) in [4.78, 5) is 2.28. The number of hydrogen-bond donors (Lipinski definition) is 1. The van der Waals surface area contributed by atoms with Crippen LogP contribution in [0.3, 0.4) is 0 Å². The Morgan fingerprint density at radius 1 is 1.37 bits per heavy atom. The summed E-state index contributed by atoms with van der Waals surface area (Å²) in [5.74, 6) is 0.493. The van der Waals surface area contributed by atoms with Crippen LogP contribution in [0.1, 0.15) is 26.7 Å². The molecule has 1 heterocycles. The smallest absolute Gasteiger partial charge is 0.126 e. The van der Waals surface area contributed by atoms with Crippen LogP contribution in [0.15, 0.2) is 18.2 Å². The molecule has 2 unspecified atom stereocenters. The van der Waals surface area contributed by atoms with Gasteiger partial charge in [0, 0.05) is 35.4 Å². The summed E-state index contributed by atoms with van der Waals surface area (Å²) in [6.07, 6.45) is 2.60. The van der Waals surface area contributed by atoms with Crippen LogP contribution in [0.4, 0.5) is 10.1 Å². The zero-order valence-electron chi connectivity index (χ0n) is 11.4. The molecule has 0 radical (unpaired) electrons. The Balaban J connectivity index is 1.88. The predicted octanol–water partition coefficient (Wildman–Crippen LogP) is 3.45. The van der Waals surface area contributed by atoms with Crippen LogP contribution in [0.2, 0.25) is 5.02 Å². The Morgan fingerprint density at radius 3 is 2.74 bits per heavy atom. The van der Waals surface area contributed by atoms with Crippen molar-refractivity contribution in [3.05, 3.63) is 29.0 Å². The summed E-state index contributed by atoms with van der Waals surface area (Å²) in [5.41, 5.74) is 1.04. The fourth-order valence-electron chi connectivity index (χ4n) is 3.10. The van der Waals surface area contributed by atoms with Crippen molar-refractivity contribution in [2.24, 2.45) is 5.92 Å². The van der Waals surface area contributed by atoms with Gasteiger partial charge in [0.15, 0.2) is 0 Å². The zero-order valence-corrected chi connectivity index (χ0v) is 12.2. The number of nitrogens with zero attached hydrogens (tertiary/aromatic N) is 1. The number of benzene rings is 1. The number of hydrogen-bond acceptors (Lipinski definition) is 2. The second kappa shape index (κ2) is 4.64. The standard InChI is InChI=1S/C15H20ClFN2/c1-10-8-18-15(2,11-3-4-11)9-19(10)14-6-12(16)5-13(17)7-14/h5-7,10-11,18H,3-4,8-9H2,1-2H3. The molecule has 1 saturated carbocycles. The van der Waals surface area contributed by atoms with Crippen molar-refractivity contribution in [1.82, 2.24) is 5.32 Å². The SMILES string of the molecule is CC1CNC(C)(C2CC2)CN1c1cc(F)cc(Cl)c1. The molecule has 1 saturated heterocycles. The summed E-state index contributed by atoms with van der Waals surface area (Å²) in [7, 11) is 0. The van der Waals surface area contributed by atoms with Crippen molar-refractivity contribution in [3.8, 4) is 0 Å². The van der Waals surface area contributed by atoms with Gasteiger partial charge in [-0.3, -0.25) is 0 Å². The van der Waals surface area contributed by atoms with E-state index in [1.165, 1.54) is 18.9 Å². The van der Waals surface area contributed by atoms with E-state index < -0.39 is 0 Å². The van der Waals surface area contributed by atoms with Crippen molar-refractivity contribution in [3.63, 3.8) is 0 Å². The van der Waals surface area contributed by atoms with Crippen LogP contribution < -0.4 is 10.2 Å². The van der Waals surface area contributed by atoms with Gasteiger partial charge in [0.2, 0.25) is 0 Å². The third-order valence-electron chi connectivity index (χ3n) is 4.49. The highest BCUT2D eigenvalue weighted by Crippen LogP contribution is 2.42. The van der Waals surface area contributed by atoms with E-state index in [1.807, 2.05) is 6.07 Å². The van der Waals surface area contributed by atoms with Gasteiger partial charge in [-0.25, -0.2) is 4.39 Å². The second-order valence-electron chi connectivity index (χ2n) is 6.18. The van der Waals surface area contributed by atoms with Crippen molar-refractivity contribution < 1.29 is 4.39 Å². The van der Waals surface area contributed by atoms with Crippen molar-refractivity contribution in [1.29, 1.82) is 0 Å². The first-order chi connectivity index (χ1) is 8.98. The number of halogens is 2. The van der Waals surface area contributed by atoms with Crippen LogP contribution in [0.5, 0.6) is 0 Å². The highest BCUT2D eigenvalue weighted by Gasteiger charge is 2.45. The predicted molar refractivity (Wildman–Crippen MR) is 77.3 cm³/mol. The maximum absolute atomic E-state index is 13.5. The van der Waals surface area contributed by atoms with Crippen LogP contribution in [0, 0.1) is 11.7 Å². The van der Waals surface area contributed by atoms with Gasteiger partial charge in [0.05, 0.1) is 0 Å². The summed E-state index contributed by atoms with van der Waals surface area (Å²) >= 11 is 5.98. The molecule has 3 rings (SSSR count). The molecule has 0 amide bonds. The molecule has 0 spiro atoms.